The van der Waals surface area contributed by atoms with Crippen LogP contribution in [0.15, 0.2) is 22.1 Å². The molecule has 0 atom stereocenters. The molecule has 1 fully saturated rings. The monoisotopic (exact) mass is 240 g/mol. The molecule has 0 radical (unpaired) electrons. The SMILES string of the molecule is OCC(=Cc1ccc(Cl)o1)C1CCCCC1. The van der Waals surface area contributed by atoms with Crippen molar-refractivity contribution in [3.8, 4) is 0 Å². The third-order valence-electron chi connectivity index (χ3n) is 3.23. The summed E-state index contributed by atoms with van der Waals surface area (Å²) in [5, 5.41) is 9.80. The zero-order valence-electron chi connectivity index (χ0n) is 9.29. The highest BCUT2D eigenvalue weighted by Gasteiger charge is 2.17. The normalized spacial score (nSPS) is 19.0. The van der Waals surface area contributed by atoms with Crippen LogP contribution in [0.2, 0.25) is 5.22 Å². The van der Waals surface area contributed by atoms with Crippen LogP contribution in [0.5, 0.6) is 0 Å². The molecule has 1 heterocycles. The number of hydrogen-bond acceptors (Lipinski definition) is 2. The lowest BCUT2D eigenvalue weighted by atomic mass is 9.83. The van der Waals surface area contributed by atoms with E-state index in [4.69, 9.17) is 16.0 Å². The maximum Gasteiger partial charge on any atom is 0.193 e. The minimum absolute atomic E-state index is 0.114. The average Bonchev–Trinajstić information content (AvgIpc) is 2.73. The zero-order chi connectivity index (χ0) is 11.4. The molecule has 0 unspecified atom stereocenters. The molecule has 0 spiro atoms. The summed E-state index contributed by atoms with van der Waals surface area (Å²) in [6.07, 6.45) is 8.15. The fourth-order valence-electron chi connectivity index (χ4n) is 2.35. The van der Waals surface area contributed by atoms with Crippen LogP contribution in [0.3, 0.4) is 0 Å². The molecule has 88 valence electrons. The molecule has 1 saturated carbocycles. The first kappa shape index (κ1) is 11.7. The lowest BCUT2D eigenvalue weighted by Crippen LogP contribution is -2.11. The fraction of sp³-hybridized carbons (Fsp3) is 0.538. The number of aliphatic hydroxyl groups excluding tert-OH is 1. The van der Waals surface area contributed by atoms with Crippen molar-refractivity contribution in [1.82, 2.24) is 0 Å². The Morgan fingerprint density at radius 2 is 2.12 bits per heavy atom. The van der Waals surface area contributed by atoms with Gasteiger partial charge in [0.2, 0.25) is 0 Å². The van der Waals surface area contributed by atoms with Crippen molar-refractivity contribution in [1.29, 1.82) is 0 Å². The van der Waals surface area contributed by atoms with Crippen molar-refractivity contribution < 1.29 is 9.52 Å². The lowest BCUT2D eigenvalue weighted by Gasteiger charge is -2.23. The van der Waals surface area contributed by atoms with Crippen LogP contribution in [0.4, 0.5) is 0 Å². The van der Waals surface area contributed by atoms with Gasteiger partial charge in [0, 0.05) is 0 Å². The summed E-state index contributed by atoms with van der Waals surface area (Å²) in [5.41, 5.74) is 1.07. The number of furan rings is 1. The molecule has 2 rings (SSSR count). The van der Waals surface area contributed by atoms with Crippen molar-refractivity contribution in [2.45, 2.75) is 32.1 Å². The van der Waals surface area contributed by atoms with Crippen molar-refractivity contribution in [2.75, 3.05) is 6.61 Å². The predicted molar refractivity (Wildman–Crippen MR) is 65.4 cm³/mol. The van der Waals surface area contributed by atoms with Gasteiger partial charge in [-0.15, -0.1) is 0 Å². The minimum atomic E-state index is 0.114. The van der Waals surface area contributed by atoms with Crippen LogP contribution in [0, 0.1) is 5.92 Å². The Bertz CT molecular complexity index is 362. The summed E-state index contributed by atoms with van der Waals surface area (Å²) in [4.78, 5) is 0. The first-order valence-corrected chi connectivity index (χ1v) is 6.24. The highest BCUT2D eigenvalue weighted by Crippen LogP contribution is 2.31. The van der Waals surface area contributed by atoms with E-state index in [1.807, 2.05) is 12.1 Å². The molecule has 3 heteroatoms. The van der Waals surface area contributed by atoms with E-state index in [0.717, 1.165) is 11.3 Å². The van der Waals surface area contributed by atoms with Crippen LogP contribution in [0.1, 0.15) is 37.9 Å². The van der Waals surface area contributed by atoms with E-state index in [2.05, 4.69) is 0 Å². The topological polar surface area (TPSA) is 33.4 Å². The second-order valence-corrected chi connectivity index (χ2v) is 4.73. The Balaban J connectivity index is 2.11. The smallest absolute Gasteiger partial charge is 0.193 e. The minimum Gasteiger partial charge on any atom is -0.445 e. The highest BCUT2D eigenvalue weighted by atomic mass is 35.5. The third-order valence-corrected chi connectivity index (χ3v) is 3.44. The molecule has 0 aliphatic heterocycles. The molecule has 16 heavy (non-hydrogen) atoms. The molecular formula is C13H17ClO2. The van der Waals surface area contributed by atoms with Crippen molar-refractivity contribution >= 4 is 17.7 Å². The van der Waals surface area contributed by atoms with Gasteiger partial charge < -0.3 is 9.52 Å². The van der Waals surface area contributed by atoms with Crippen LogP contribution >= 0.6 is 11.6 Å². The van der Waals surface area contributed by atoms with Gasteiger partial charge in [0.25, 0.3) is 0 Å². The van der Waals surface area contributed by atoms with Gasteiger partial charge in [-0.2, -0.15) is 0 Å². The highest BCUT2D eigenvalue weighted by molar-refractivity contribution is 6.28. The molecular weight excluding hydrogens is 224 g/mol. The van der Waals surface area contributed by atoms with Gasteiger partial charge in [-0.25, -0.2) is 0 Å². The number of aliphatic hydroxyl groups is 1. The van der Waals surface area contributed by atoms with Gasteiger partial charge in [0.05, 0.1) is 6.61 Å². The summed E-state index contributed by atoms with van der Waals surface area (Å²) in [5.74, 6) is 1.25. The maximum absolute atomic E-state index is 9.40. The summed E-state index contributed by atoms with van der Waals surface area (Å²) in [7, 11) is 0. The van der Waals surface area contributed by atoms with Crippen LogP contribution in [0.25, 0.3) is 6.08 Å². The van der Waals surface area contributed by atoms with E-state index < -0.39 is 0 Å². The van der Waals surface area contributed by atoms with Crippen LogP contribution < -0.4 is 0 Å². The molecule has 0 amide bonds. The third kappa shape index (κ3) is 2.89. The van der Waals surface area contributed by atoms with Gasteiger partial charge in [-0.3, -0.25) is 0 Å². The molecule has 0 aromatic carbocycles. The maximum atomic E-state index is 9.40. The molecule has 1 N–H and O–H groups in total. The largest absolute Gasteiger partial charge is 0.445 e. The Hall–Kier alpha value is -0.730. The molecule has 1 aliphatic rings. The first-order valence-electron chi connectivity index (χ1n) is 5.86. The Kier molecular flexibility index (Phi) is 4.08. The summed E-state index contributed by atoms with van der Waals surface area (Å²) < 4.78 is 5.28. The average molecular weight is 241 g/mol. The van der Waals surface area contributed by atoms with Crippen LogP contribution in [-0.4, -0.2) is 11.7 Å². The molecule has 0 saturated heterocycles. The Labute approximate surface area is 101 Å². The van der Waals surface area contributed by atoms with Gasteiger partial charge in [-0.05, 0) is 54.1 Å². The molecule has 1 aliphatic carbocycles. The molecule has 2 nitrogen and oxygen atoms in total. The Morgan fingerprint density at radius 1 is 1.38 bits per heavy atom. The number of hydrogen-bond donors (Lipinski definition) is 1. The van der Waals surface area contributed by atoms with Gasteiger partial charge in [0.1, 0.15) is 5.76 Å². The lowest BCUT2D eigenvalue weighted by molar-refractivity contribution is 0.294. The van der Waals surface area contributed by atoms with Crippen molar-refractivity contribution in [3.05, 3.63) is 28.7 Å². The number of rotatable bonds is 3. The standard InChI is InChI=1S/C13H17ClO2/c14-13-7-6-12(16-13)8-11(9-15)10-4-2-1-3-5-10/h6-8,10,15H,1-5,9H2. The second-order valence-electron chi connectivity index (χ2n) is 4.35. The van der Waals surface area contributed by atoms with E-state index in [9.17, 15) is 5.11 Å². The summed E-state index contributed by atoms with van der Waals surface area (Å²) >= 11 is 5.71. The molecule has 0 bridgehead atoms. The van der Waals surface area contributed by atoms with Gasteiger partial charge in [-0.1, -0.05) is 19.3 Å². The van der Waals surface area contributed by atoms with E-state index in [-0.39, 0.29) is 6.61 Å². The second kappa shape index (κ2) is 5.55. The summed E-state index contributed by atoms with van der Waals surface area (Å²) in [6, 6.07) is 3.56. The predicted octanol–water partition coefficient (Wildman–Crippen LogP) is 3.89. The van der Waals surface area contributed by atoms with E-state index in [1.54, 1.807) is 6.07 Å². The van der Waals surface area contributed by atoms with E-state index >= 15 is 0 Å². The van der Waals surface area contributed by atoms with Gasteiger partial charge >= 0.3 is 0 Å². The first-order chi connectivity index (χ1) is 7.79. The van der Waals surface area contributed by atoms with Crippen LogP contribution in [-0.2, 0) is 0 Å². The summed E-state index contributed by atoms with van der Waals surface area (Å²) in [6.45, 7) is 0.114. The zero-order valence-corrected chi connectivity index (χ0v) is 10.0. The van der Waals surface area contributed by atoms with Crippen molar-refractivity contribution in [3.63, 3.8) is 0 Å². The molecule has 1 aromatic heterocycles. The van der Waals surface area contributed by atoms with Gasteiger partial charge in [0.15, 0.2) is 5.22 Å². The molecule has 1 aromatic rings. The quantitative estimate of drug-likeness (QED) is 0.870. The van der Waals surface area contributed by atoms with E-state index in [0.29, 0.717) is 11.1 Å². The Morgan fingerprint density at radius 3 is 2.69 bits per heavy atom. The van der Waals surface area contributed by atoms with E-state index in [1.165, 1.54) is 32.1 Å². The van der Waals surface area contributed by atoms with Crippen molar-refractivity contribution in [2.24, 2.45) is 5.92 Å². The number of halogens is 1. The fourth-order valence-corrected chi connectivity index (χ4v) is 2.51.